The van der Waals surface area contributed by atoms with Gasteiger partial charge >= 0.3 is 0 Å². The third kappa shape index (κ3) is 4.91. The Hall–Kier alpha value is -0.670. The van der Waals surface area contributed by atoms with Gasteiger partial charge in [0.15, 0.2) is 5.78 Å². The van der Waals surface area contributed by atoms with Gasteiger partial charge in [0.1, 0.15) is 6.23 Å². The molecule has 0 aromatic rings. The van der Waals surface area contributed by atoms with E-state index in [4.69, 9.17) is 0 Å². The quantitative estimate of drug-likeness (QED) is 0.518. The summed E-state index contributed by atoms with van der Waals surface area (Å²) >= 11 is 0. The van der Waals surface area contributed by atoms with Crippen LogP contribution in [0.3, 0.4) is 0 Å². The van der Waals surface area contributed by atoms with E-state index in [2.05, 4.69) is 33.0 Å². The smallest absolute Gasteiger partial charge is 0.162 e. The molecular formula is C15H29NO2. The molecule has 0 spiro atoms. The van der Waals surface area contributed by atoms with Crippen molar-refractivity contribution in [1.82, 2.24) is 5.32 Å². The number of nitrogens with one attached hydrogen (secondary N) is 1. The van der Waals surface area contributed by atoms with E-state index in [1.54, 1.807) is 13.0 Å². The number of allylic oxidation sites excluding steroid dienone is 1. The molecule has 106 valence electrons. The van der Waals surface area contributed by atoms with E-state index < -0.39 is 6.23 Å². The average molecular weight is 255 g/mol. The Morgan fingerprint density at radius 3 is 2.17 bits per heavy atom. The highest BCUT2D eigenvalue weighted by Gasteiger charge is 2.23. The van der Waals surface area contributed by atoms with Crippen LogP contribution in [0.1, 0.15) is 54.4 Å². The number of ketones is 1. The summed E-state index contributed by atoms with van der Waals surface area (Å²) in [6, 6.07) is 0.185. The lowest BCUT2D eigenvalue weighted by molar-refractivity contribution is -0.116. The van der Waals surface area contributed by atoms with Gasteiger partial charge in [0.05, 0.1) is 0 Å². The Kier molecular flexibility index (Phi) is 8.12. The van der Waals surface area contributed by atoms with Gasteiger partial charge in [-0.1, -0.05) is 40.2 Å². The summed E-state index contributed by atoms with van der Waals surface area (Å²) in [7, 11) is 0. The van der Waals surface area contributed by atoms with Crippen LogP contribution in [-0.4, -0.2) is 23.2 Å². The van der Waals surface area contributed by atoms with Crippen LogP contribution in [0.15, 0.2) is 11.6 Å². The minimum absolute atomic E-state index is 0.00213. The fraction of sp³-hybridized carbons (Fsp3) is 0.800. The molecule has 18 heavy (non-hydrogen) atoms. The Morgan fingerprint density at radius 1 is 1.28 bits per heavy atom. The van der Waals surface area contributed by atoms with E-state index in [-0.39, 0.29) is 11.8 Å². The van der Waals surface area contributed by atoms with Crippen LogP contribution in [0.2, 0.25) is 0 Å². The van der Waals surface area contributed by atoms with Crippen LogP contribution in [0.4, 0.5) is 0 Å². The molecule has 3 atom stereocenters. The minimum atomic E-state index is -0.856. The number of hydrogen-bond donors (Lipinski definition) is 2. The van der Waals surface area contributed by atoms with Gasteiger partial charge < -0.3 is 5.11 Å². The zero-order valence-electron chi connectivity index (χ0n) is 12.7. The van der Waals surface area contributed by atoms with Gasteiger partial charge in [-0.3, -0.25) is 10.1 Å². The van der Waals surface area contributed by atoms with Crippen molar-refractivity contribution in [3.05, 3.63) is 11.6 Å². The molecule has 3 heteroatoms. The first kappa shape index (κ1) is 17.3. The molecule has 0 aliphatic rings. The van der Waals surface area contributed by atoms with Crippen molar-refractivity contribution < 1.29 is 9.90 Å². The van der Waals surface area contributed by atoms with E-state index in [0.717, 1.165) is 6.42 Å². The molecule has 0 aromatic carbocycles. The SMILES string of the molecule is C/C=C(\C(=O)CC)C(O)NC(C)C(CC)C(C)C. The lowest BCUT2D eigenvalue weighted by atomic mass is 9.87. The number of aliphatic hydroxyl groups is 1. The van der Waals surface area contributed by atoms with Crippen molar-refractivity contribution in [3.8, 4) is 0 Å². The molecular weight excluding hydrogens is 226 g/mol. The highest BCUT2D eigenvalue weighted by Crippen LogP contribution is 2.20. The molecule has 0 heterocycles. The van der Waals surface area contributed by atoms with Crippen molar-refractivity contribution in [2.24, 2.45) is 11.8 Å². The Bertz CT molecular complexity index is 284. The molecule has 0 bridgehead atoms. The third-order valence-electron chi connectivity index (χ3n) is 3.64. The summed E-state index contributed by atoms with van der Waals surface area (Å²) < 4.78 is 0. The zero-order chi connectivity index (χ0) is 14.3. The Morgan fingerprint density at radius 2 is 1.83 bits per heavy atom. The number of hydrogen-bond acceptors (Lipinski definition) is 3. The van der Waals surface area contributed by atoms with E-state index >= 15 is 0 Å². The van der Waals surface area contributed by atoms with Gasteiger partial charge in [-0.2, -0.15) is 0 Å². The number of rotatable bonds is 8. The fourth-order valence-electron chi connectivity index (χ4n) is 2.54. The van der Waals surface area contributed by atoms with Crippen LogP contribution in [0.5, 0.6) is 0 Å². The number of carbonyl (C=O) groups excluding carboxylic acids is 1. The molecule has 0 saturated carbocycles. The van der Waals surface area contributed by atoms with E-state index in [0.29, 0.717) is 23.8 Å². The monoisotopic (exact) mass is 255 g/mol. The summed E-state index contributed by atoms with van der Waals surface area (Å²) in [5, 5.41) is 13.3. The predicted molar refractivity (Wildman–Crippen MR) is 76.3 cm³/mol. The lowest BCUT2D eigenvalue weighted by Crippen LogP contribution is -2.44. The number of Topliss-reactive ketones (excluding diaryl/α,β-unsaturated/α-hetero) is 1. The van der Waals surface area contributed by atoms with E-state index in [1.807, 2.05) is 6.92 Å². The molecule has 0 aliphatic carbocycles. The van der Waals surface area contributed by atoms with E-state index in [1.165, 1.54) is 0 Å². The second-order valence-corrected chi connectivity index (χ2v) is 5.19. The summed E-state index contributed by atoms with van der Waals surface area (Å²) in [4.78, 5) is 11.7. The molecule has 0 aliphatic heterocycles. The maximum atomic E-state index is 11.7. The van der Waals surface area contributed by atoms with Crippen molar-refractivity contribution in [2.75, 3.05) is 0 Å². The second kappa shape index (κ2) is 8.44. The largest absolute Gasteiger partial charge is 0.374 e. The molecule has 0 saturated heterocycles. The number of carbonyl (C=O) groups is 1. The topological polar surface area (TPSA) is 49.3 Å². The van der Waals surface area contributed by atoms with Gasteiger partial charge in [0.2, 0.25) is 0 Å². The minimum Gasteiger partial charge on any atom is -0.374 e. The van der Waals surface area contributed by atoms with Gasteiger partial charge in [0, 0.05) is 18.0 Å². The van der Waals surface area contributed by atoms with Gasteiger partial charge in [-0.05, 0) is 25.7 Å². The molecule has 2 N–H and O–H groups in total. The average Bonchev–Trinajstić information content (AvgIpc) is 2.29. The molecule has 3 unspecified atom stereocenters. The Balaban J connectivity index is 4.63. The van der Waals surface area contributed by atoms with Crippen LogP contribution in [0, 0.1) is 11.8 Å². The van der Waals surface area contributed by atoms with Crippen LogP contribution in [-0.2, 0) is 4.79 Å². The van der Waals surface area contributed by atoms with Crippen molar-refractivity contribution in [2.45, 2.75) is 66.7 Å². The van der Waals surface area contributed by atoms with Crippen molar-refractivity contribution in [1.29, 1.82) is 0 Å². The summed E-state index contributed by atoms with van der Waals surface area (Å²) in [5.74, 6) is 1.05. The third-order valence-corrected chi connectivity index (χ3v) is 3.64. The predicted octanol–water partition coefficient (Wildman–Crippen LogP) is 2.89. The normalized spacial score (nSPS) is 17.7. The highest BCUT2D eigenvalue weighted by molar-refractivity contribution is 5.95. The fourth-order valence-corrected chi connectivity index (χ4v) is 2.54. The summed E-state index contributed by atoms with van der Waals surface area (Å²) in [6.45, 7) is 12.2. The van der Waals surface area contributed by atoms with Gasteiger partial charge in [-0.15, -0.1) is 0 Å². The maximum absolute atomic E-state index is 11.7. The van der Waals surface area contributed by atoms with Gasteiger partial charge in [-0.25, -0.2) is 0 Å². The van der Waals surface area contributed by atoms with E-state index in [9.17, 15) is 9.90 Å². The molecule has 3 nitrogen and oxygen atoms in total. The summed E-state index contributed by atoms with van der Waals surface area (Å²) in [5.41, 5.74) is 0.475. The Labute approximate surface area is 112 Å². The maximum Gasteiger partial charge on any atom is 0.162 e. The molecule has 0 aromatic heterocycles. The van der Waals surface area contributed by atoms with Crippen LogP contribution < -0.4 is 5.32 Å². The second-order valence-electron chi connectivity index (χ2n) is 5.19. The molecule has 0 amide bonds. The molecule has 0 rings (SSSR count). The molecule has 0 radical (unpaired) electrons. The zero-order valence-corrected chi connectivity index (χ0v) is 12.7. The first-order chi connectivity index (χ1) is 8.38. The highest BCUT2D eigenvalue weighted by atomic mass is 16.3. The summed E-state index contributed by atoms with van der Waals surface area (Å²) in [6.07, 6.45) is 2.33. The van der Waals surface area contributed by atoms with Crippen LogP contribution in [0.25, 0.3) is 0 Å². The van der Waals surface area contributed by atoms with Gasteiger partial charge in [0.25, 0.3) is 0 Å². The van der Waals surface area contributed by atoms with Crippen molar-refractivity contribution >= 4 is 5.78 Å². The first-order valence-corrected chi connectivity index (χ1v) is 7.02. The lowest BCUT2D eigenvalue weighted by Gasteiger charge is -2.29. The number of aliphatic hydroxyl groups excluding tert-OH is 1. The first-order valence-electron chi connectivity index (χ1n) is 7.02. The molecule has 0 fully saturated rings. The standard InChI is InChI=1S/C15H29NO2/c1-7-12(10(4)5)11(6)16-15(18)13(8-2)14(17)9-3/h8,10-12,15-16,18H,7,9H2,1-6H3/b13-8+. The van der Waals surface area contributed by atoms with Crippen LogP contribution >= 0.6 is 0 Å². The van der Waals surface area contributed by atoms with Crippen molar-refractivity contribution in [3.63, 3.8) is 0 Å².